The number of hydrogen-bond acceptors (Lipinski definition) is 1. The minimum atomic E-state index is -0.918. The third-order valence-corrected chi connectivity index (χ3v) is 5.82. The Morgan fingerprint density at radius 3 is 1.32 bits per heavy atom. The van der Waals surface area contributed by atoms with Crippen LogP contribution in [0.1, 0.15) is 35.6 Å². The molecule has 1 heteroatoms. The summed E-state index contributed by atoms with van der Waals surface area (Å²) >= 11 is 0. The van der Waals surface area contributed by atoms with Gasteiger partial charge in [-0.25, -0.2) is 0 Å². The Balaban J connectivity index is 2.00. The zero-order valence-electron chi connectivity index (χ0n) is 17.7. The average molecular weight is 403 g/mol. The molecule has 1 nitrogen and oxygen atoms in total. The lowest BCUT2D eigenvalue weighted by atomic mass is 9.66. The van der Waals surface area contributed by atoms with Gasteiger partial charge in [-0.1, -0.05) is 128 Å². The Morgan fingerprint density at radius 1 is 0.613 bits per heavy atom. The first-order chi connectivity index (χ1) is 15.3. The number of ketones is 1. The van der Waals surface area contributed by atoms with Crippen LogP contribution in [0.4, 0.5) is 0 Å². The predicted molar refractivity (Wildman–Crippen MR) is 129 cm³/mol. The molecule has 0 N–H and O–H groups in total. The second-order valence-corrected chi connectivity index (χ2v) is 7.60. The maximum Gasteiger partial charge on any atom is 0.175 e. The number of carbonyl (C=O) groups is 1. The second-order valence-electron chi connectivity index (χ2n) is 7.60. The molecule has 0 aliphatic carbocycles. The minimum Gasteiger partial charge on any atom is -0.293 e. The van der Waals surface area contributed by atoms with Crippen LogP contribution in [0.5, 0.6) is 0 Å². The molecular formula is C30H26O. The van der Waals surface area contributed by atoms with Gasteiger partial charge in [0, 0.05) is 0 Å². The molecule has 0 radical (unpaired) electrons. The van der Waals surface area contributed by atoms with Gasteiger partial charge in [0.15, 0.2) is 5.78 Å². The van der Waals surface area contributed by atoms with Crippen molar-refractivity contribution in [2.75, 3.05) is 0 Å². The largest absolute Gasteiger partial charge is 0.293 e. The quantitative estimate of drug-likeness (QED) is 0.238. The highest BCUT2D eigenvalue weighted by Crippen LogP contribution is 2.41. The summed E-state index contributed by atoms with van der Waals surface area (Å²) in [6, 6.07) is 40.5. The molecule has 0 saturated heterocycles. The summed E-state index contributed by atoms with van der Waals surface area (Å²) in [7, 11) is 0. The Hall–Kier alpha value is -3.71. The van der Waals surface area contributed by atoms with Gasteiger partial charge in [-0.15, -0.1) is 0 Å². The molecule has 0 aliphatic heterocycles. The zero-order valence-corrected chi connectivity index (χ0v) is 17.7. The molecule has 4 rings (SSSR count). The fourth-order valence-electron chi connectivity index (χ4n) is 4.30. The Bertz CT molecular complexity index is 1050. The van der Waals surface area contributed by atoms with Crippen molar-refractivity contribution in [3.05, 3.63) is 150 Å². The van der Waals surface area contributed by atoms with E-state index < -0.39 is 5.41 Å². The van der Waals surface area contributed by atoms with Crippen molar-refractivity contribution in [2.45, 2.75) is 18.8 Å². The number of hydrogen-bond donors (Lipinski definition) is 0. The third kappa shape index (κ3) is 4.00. The molecule has 0 amide bonds. The summed E-state index contributed by atoms with van der Waals surface area (Å²) in [6.07, 6.45) is 2.63. The molecule has 0 bridgehead atoms. The lowest BCUT2D eigenvalue weighted by molar-refractivity contribution is -0.117. The Labute approximate surface area is 184 Å². The molecule has 0 aliphatic rings. The third-order valence-electron chi connectivity index (χ3n) is 5.82. The molecule has 4 aromatic rings. The number of benzene rings is 4. The summed E-state index contributed by atoms with van der Waals surface area (Å²) in [5, 5.41) is 0. The maximum atomic E-state index is 14.3. The zero-order chi connectivity index (χ0) is 21.5. The SMILES string of the molecule is CC/C(=C\C(=O)C(c1ccccc1)(c1ccccc1)c1ccccc1)c1ccccc1. The Kier molecular flexibility index (Phi) is 6.24. The fraction of sp³-hybridized carbons (Fsp3) is 0.100. The molecule has 0 saturated carbocycles. The molecule has 4 aromatic carbocycles. The highest BCUT2D eigenvalue weighted by atomic mass is 16.1. The normalized spacial score (nSPS) is 11.8. The highest BCUT2D eigenvalue weighted by Gasteiger charge is 2.42. The van der Waals surface area contributed by atoms with Crippen molar-refractivity contribution >= 4 is 11.4 Å². The fourth-order valence-corrected chi connectivity index (χ4v) is 4.30. The number of allylic oxidation sites excluding steroid dienone is 2. The van der Waals surface area contributed by atoms with E-state index in [0.717, 1.165) is 34.2 Å². The summed E-state index contributed by atoms with van der Waals surface area (Å²) in [6.45, 7) is 2.10. The van der Waals surface area contributed by atoms with Crippen LogP contribution >= 0.6 is 0 Å². The van der Waals surface area contributed by atoms with Crippen LogP contribution in [0.15, 0.2) is 127 Å². The van der Waals surface area contributed by atoms with E-state index in [0.29, 0.717) is 0 Å². The van der Waals surface area contributed by atoms with Gasteiger partial charge in [-0.05, 0) is 40.3 Å². The van der Waals surface area contributed by atoms with Crippen LogP contribution in [0.3, 0.4) is 0 Å². The van der Waals surface area contributed by atoms with Gasteiger partial charge in [-0.3, -0.25) is 4.79 Å². The molecule has 152 valence electrons. The topological polar surface area (TPSA) is 17.1 Å². The van der Waals surface area contributed by atoms with Crippen molar-refractivity contribution in [1.29, 1.82) is 0 Å². The molecule has 0 heterocycles. The highest BCUT2D eigenvalue weighted by molar-refractivity contribution is 6.08. The summed E-state index contributed by atoms with van der Waals surface area (Å²) in [5.41, 5.74) is 4.12. The van der Waals surface area contributed by atoms with E-state index in [-0.39, 0.29) is 5.78 Å². The van der Waals surface area contributed by atoms with Crippen molar-refractivity contribution in [3.8, 4) is 0 Å². The van der Waals surface area contributed by atoms with E-state index in [1.165, 1.54) is 0 Å². The second kappa shape index (κ2) is 9.40. The Morgan fingerprint density at radius 2 is 0.968 bits per heavy atom. The average Bonchev–Trinajstić information content (AvgIpc) is 2.85. The monoisotopic (exact) mass is 402 g/mol. The summed E-state index contributed by atoms with van der Waals surface area (Å²) in [5.74, 6) is 0.0665. The first-order valence-electron chi connectivity index (χ1n) is 10.7. The maximum absolute atomic E-state index is 14.3. The van der Waals surface area contributed by atoms with Gasteiger partial charge >= 0.3 is 0 Å². The van der Waals surface area contributed by atoms with E-state index in [9.17, 15) is 4.79 Å². The minimum absolute atomic E-state index is 0.0665. The van der Waals surface area contributed by atoms with Crippen LogP contribution in [0.25, 0.3) is 5.57 Å². The van der Waals surface area contributed by atoms with Crippen molar-refractivity contribution < 1.29 is 4.79 Å². The van der Waals surface area contributed by atoms with Gasteiger partial charge in [0.05, 0.1) is 0 Å². The van der Waals surface area contributed by atoms with E-state index in [4.69, 9.17) is 0 Å². The van der Waals surface area contributed by atoms with E-state index in [1.54, 1.807) is 0 Å². The molecular weight excluding hydrogens is 376 g/mol. The van der Waals surface area contributed by atoms with Crippen molar-refractivity contribution in [2.24, 2.45) is 0 Å². The van der Waals surface area contributed by atoms with E-state index >= 15 is 0 Å². The van der Waals surface area contributed by atoms with Gasteiger partial charge in [0.1, 0.15) is 5.41 Å². The van der Waals surface area contributed by atoms with Gasteiger partial charge in [0.25, 0.3) is 0 Å². The van der Waals surface area contributed by atoms with Crippen LogP contribution in [0.2, 0.25) is 0 Å². The van der Waals surface area contributed by atoms with Gasteiger partial charge < -0.3 is 0 Å². The van der Waals surface area contributed by atoms with Crippen molar-refractivity contribution in [3.63, 3.8) is 0 Å². The molecule has 0 spiro atoms. The molecule has 0 fully saturated rings. The van der Waals surface area contributed by atoms with Crippen LogP contribution in [-0.2, 0) is 10.2 Å². The molecule has 0 aromatic heterocycles. The molecule has 31 heavy (non-hydrogen) atoms. The van der Waals surface area contributed by atoms with Crippen LogP contribution in [0, 0.1) is 0 Å². The van der Waals surface area contributed by atoms with Gasteiger partial charge in [-0.2, -0.15) is 0 Å². The van der Waals surface area contributed by atoms with Gasteiger partial charge in [0.2, 0.25) is 0 Å². The number of carbonyl (C=O) groups excluding carboxylic acids is 1. The number of rotatable bonds is 7. The van der Waals surface area contributed by atoms with Crippen LogP contribution in [-0.4, -0.2) is 5.78 Å². The van der Waals surface area contributed by atoms with Crippen LogP contribution < -0.4 is 0 Å². The lowest BCUT2D eigenvalue weighted by Crippen LogP contribution is -2.37. The first kappa shape index (κ1) is 20.6. The van der Waals surface area contributed by atoms with E-state index in [1.807, 2.05) is 78.9 Å². The summed E-state index contributed by atoms with van der Waals surface area (Å²) in [4.78, 5) is 14.3. The molecule has 0 unspecified atom stereocenters. The first-order valence-corrected chi connectivity index (χ1v) is 10.7. The molecule has 0 atom stereocenters. The van der Waals surface area contributed by atoms with Crippen molar-refractivity contribution in [1.82, 2.24) is 0 Å². The van der Waals surface area contributed by atoms with E-state index in [2.05, 4.69) is 55.5 Å². The predicted octanol–water partition coefficient (Wildman–Crippen LogP) is 7.08. The summed E-state index contributed by atoms with van der Waals surface area (Å²) < 4.78 is 0. The smallest absolute Gasteiger partial charge is 0.175 e. The standard InChI is InChI=1S/C30H26O/c1-2-24(25-15-7-3-8-16-25)23-29(31)30(26-17-9-4-10-18-26,27-19-11-5-12-20-27)28-21-13-6-14-22-28/h3-23H,2H2,1H3/b24-23+. The lowest BCUT2D eigenvalue weighted by Gasteiger charge is -2.34.